The maximum atomic E-state index is 13.2. The Balaban J connectivity index is 1.60. The summed E-state index contributed by atoms with van der Waals surface area (Å²) in [5.74, 6) is 0.687. The van der Waals surface area contributed by atoms with Gasteiger partial charge in [0.05, 0.1) is 0 Å². The van der Waals surface area contributed by atoms with Gasteiger partial charge in [-0.25, -0.2) is 4.39 Å². The minimum Gasteiger partial charge on any atom is -0.342 e. The average Bonchev–Trinajstić information content (AvgIpc) is 3.01. The molecule has 0 saturated carbocycles. The summed E-state index contributed by atoms with van der Waals surface area (Å²) in [5.41, 5.74) is 3.52. The van der Waals surface area contributed by atoms with Gasteiger partial charge in [-0.1, -0.05) is 54.1 Å². The molecule has 0 saturated heterocycles. The Bertz CT molecular complexity index is 1020. The number of para-hydroxylation sites is 1. The normalized spacial score (nSPS) is 11.2. The van der Waals surface area contributed by atoms with E-state index in [1.807, 2.05) is 36.0 Å². The van der Waals surface area contributed by atoms with E-state index in [2.05, 4.69) is 47.2 Å². The van der Waals surface area contributed by atoms with Crippen LogP contribution in [0, 0.1) is 5.82 Å². The van der Waals surface area contributed by atoms with Crippen molar-refractivity contribution in [3.8, 4) is 0 Å². The van der Waals surface area contributed by atoms with Crippen LogP contribution in [-0.4, -0.2) is 4.57 Å². The molecule has 1 nitrogen and oxygen atoms in total. The lowest BCUT2D eigenvalue weighted by Gasteiger charge is -2.05. The summed E-state index contributed by atoms with van der Waals surface area (Å²) in [4.78, 5) is 1.25. The molecule has 4 rings (SSSR count). The lowest BCUT2D eigenvalue weighted by atomic mass is 10.2. The minimum atomic E-state index is -0.203. The fourth-order valence-electron chi connectivity index (χ4n) is 2.99. The maximum absolute atomic E-state index is 13.2. The Kier molecular flexibility index (Phi) is 5.00. The molecular formula is C22H17ClFNS. The summed E-state index contributed by atoms with van der Waals surface area (Å²) in [6.45, 7) is 0.725. The molecule has 0 spiro atoms. The fourth-order valence-corrected chi connectivity index (χ4v) is 4.16. The maximum Gasteiger partial charge on any atom is 0.123 e. The Morgan fingerprint density at radius 1 is 0.846 bits per heavy atom. The highest BCUT2D eigenvalue weighted by atomic mass is 35.5. The van der Waals surface area contributed by atoms with Crippen LogP contribution in [0.25, 0.3) is 10.9 Å². The zero-order chi connectivity index (χ0) is 17.9. The summed E-state index contributed by atoms with van der Waals surface area (Å²) >= 11 is 7.78. The summed E-state index contributed by atoms with van der Waals surface area (Å²) in [7, 11) is 0. The van der Waals surface area contributed by atoms with Crippen LogP contribution < -0.4 is 0 Å². The number of hydrogen-bond donors (Lipinski definition) is 0. The summed E-state index contributed by atoms with van der Waals surface area (Å²) in [5, 5.41) is 2.00. The van der Waals surface area contributed by atoms with E-state index in [9.17, 15) is 4.39 Å². The van der Waals surface area contributed by atoms with Crippen molar-refractivity contribution in [2.75, 3.05) is 0 Å². The minimum absolute atomic E-state index is 0.203. The lowest BCUT2D eigenvalue weighted by molar-refractivity contribution is 0.626. The van der Waals surface area contributed by atoms with Gasteiger partial charge in [-0.3, -0.25) is 0 Å². The molecule has 0 amide bonds. The SMILES string of the molecule is Fc1ccc(Cn2cc(SCc3ccc(Cl)cc3)c3ccccc32)cc1. The number of thioether (sulfide) groups is 1. The summed E-state index contributed by atoms with van der Waals surface area (Å²) < 4.78 is 15.4. The van der Waals surface area contributed by atoms with E-state index in [0.717, 1.165) is 22.9 Å². The zero-order valence-corrected chi connectivity index (χ0v) is 15.6. The van der Waals surface area contributed by atoms with Crippen molar-refractivity contribution < 1.29 is 4.39 Å². The largest absolute Gasteiger partial charge is 0.342 e. The predicted molar refractivity (Wildman–Crippen MR) is 108 cm³/mol. The molecule has 0 N–H and O–H groups in total. The van der Waals surface area contributed by atoms with E-state index in [1.165, 1.54) is 33.5 Å². The number of halogens is 2. The zero-order valence-electron chi connectivity index (χ0n) is 14.0. The van der Waals surface area contributed by atoms with Crippen molar-refractivity contribution in [1.29, 1.82) is 0 Å². The van der Waals surface area contributed by atoms with Crippen molar-refractivity contribution in [3.05, 3.63) is 101 Å². The first-order chi connectivity index (χ1) is 12.7. The number of nitrogens with zero attached hydrogens (tertiary/aromatic N) is 1. The second-order valence-corrected chi connectivity index (χ2v) is 7.63. The molecule has 0 aliphatic heterocycles. The first kappa shape index (κ1) is 17.2. The molecule has 1 heterocycles. The number of rotatable bonds is 5. The lowest BCUT2D eigenvalue weighted by Crippen LogP contribution is -1.97. The van der Waals surface area contributed by atoms with Gasteiger partial charge in [-0.15, -0.1) is 11.8 Å². The molecule has 1 aromatic heterocycles. The Labute approximate surface area is 161 Å². The molecule has 0 fully saturated rings. The fraction of sp³-hybridized carbons (Fsp3) is 0.0909. The molecular weight excluding hydrogens is 365 g/mol. The van der Waals surface area contributed by atoms with Crippen LogP contribution in [0.3, 0.4) is 0 Å². The highest BCUT2D eigenvalue weighted by molar-refractivity contribution is 7.98. The predicted octanol–water partition coefficient (Wildman–Crippen LogP) is 6.77. The van der Waals surface area contributed by atoms with Crippen molar-refractivity contribution >= 4 is 34.3 Å². The molecule has 0 radical (unpaired) electrons. The highest BCUT2D eigenvalue weighted by Gasteiger charge is 2.09. The molecule has 4 heteroatoms. The van der Waals surface area contributed by atoms with E-state index in [1.54, 1.807) is 0 Å². The van der Waals surface area contributed by atoms with E-state index < -0.39 is 0 Å². The third-order valence-corrected chi connectivity index (χ3v) is 5.69. The molecule has 3 aromatic carbocycles. The van der Waals surface area contributed by atoms with Crippen LogP contribution in [0.4, 0.5) is 4.39 Å². The summed E-state index contributed by atoms with van der Waals surface area (Å²) in [6.07, 6.45) is 2.19. The molecule has 0 atom stereocenters. The van der Waals surface area contributed by atoms with Gasteiger partial charge in [0.15, 0.2) is 0 Å². The van der Waals surface area contributed by atoms with Gasteiger partial charge >= 0.3 is 0 Å². The third kappa shape index (κ3) is 3.79. The third-order valence-electron chi connectivity index (χ3n) is 4.33. The second-order valence-electron chi connectivity index (χ2n) is 6.18. The van der Waals surface area contributed by atoms with E-state index >= 15 is 0 Å². The smallest absolute Gasteiger partial charge is 0.123 e. The van der Waals surface area contributed by atoms with Gasteiger partial charge < -0.3 is 4.57 Å². The first-order valence-corrected chi connectivity index (χ1v) is 9.75. The Hall–Kier alpha value is -2.23. The molecule has 130 valence electrons. The van der Waals surface area contributed by atoms with Crippen LogP contribution in [0.1, 0.15) is 11.1 Å². The van der Waals surface area contributed by atoms with E-state index in [0.29, 0.717) is 0 Å². The van der Waals surface area contributed by atoms with Gasteiger partial charge in [0.2, 0.25) is 0 Å². The molecule has 4 aromatic rings. The van der Waals surface area contributed by atoms with Crippen molar-refractivity contribution in [3.63, 3.8) is 0 Å². The molecule has 0 unspecified atom stereocenters. The van der Waals surface area contributed by atoms with Gasteiger partial charge in [0.25, 0.3) is 0 Å². The van der Waals surface area contributed by atoms with Crippen molar-refractivity contribution in [2.45, 2.75) is 17.2 Å². The first-order valence-electron chi connectivity index (χ1n) is 8.38. The standard InChI is InChI=1S/C22H17ClFNS/c23-18-9-5-17(6-10-18)15-26-22-14-25(21-4-2-1-3-20(21)22)13-16-7-11-19(24)12-8-16/h1-12,14H,13,15H2. The quantitative estimate of drug-likeness (QED) is 0.345. The van der Waals surface area contributed by atoms with Crippen LogP contribution in [0.2, 0.25) is 5.02 Å². The molecule has 0 aliphatic rings. The monoisotopic (exact) mass is 381 g/mol. The average molecular weight is 382 g/mol. The second kappa shape index (κ2) is 7.56. The van der Waals surface area contributed by atoms with Crippen molar-refractivity contribution in [1.82, 2.24) is 4.57 Å². The Morgan fingerprint density at radius 3 is 2.31 bits per heavy atom. The Morgan fingerprint density at radius 2 is 1.54 bits per heavy atom. The van der Waals surface area contributed by atoms with Crippen molar-refractivity contribution in [2.24, 2.45) is 0 Å². The van der Waals surface area contributed by atoms with E-state index in [4.69, 9.17) is 11.6 Å². The van der Waals surface area contributed by atoms with Crippen LogP contribution in [0.5, 0.6) is 0 Å². The number of hydrogen-bond acceptors (Lipinski definition) is 1. The summed E-state index contributed by atoms with van der Waals surface area (Å²) in [6, 6.07) is 23.1. The van der Waals surface area contributed by atoms with Gasteiger partial charge in [0.1, 0.15) is 5.82 Å². The van der Waals surface area contributed by atoms with Crippen LogP contribution >= 0.6 is 23.4 Å². The van der Waals surface area contributed by atoms with Gasteiger partial charge in [-0.05, 0) is 41.5 Å². The topological polar surface area (TPSA) is 4.93 Å². The van der Waals surface area contributed by atoms with Gasteiger partial charge in [-0.2, -0.15) is 0 Å². The molecule has 0 aliphatic carbocycles. The van der Waals surface area contributed by atoms with E-state index in [-0.39, 0.29) is 5.82 Å². The highest BCUT2D eigenvalue weighted by Crippen LogP contribution is 2.32. The van der Waals surface area contributed by atoms with Crippen LogP contribution in [-0.2, 0) is 12.3 Å². The van der Waals surface area contributed by atoms with Gasteiger partial charge in [0, 0.05) is 39.3 Å². The molecule has 0 bridgehead atoms. The number of aromatic nitrogens is 1. The number of fused-ring (bicyclic) bond motifs is 1. The number of benzene rings is 3. The van der Waals surface area contributed by atoms with Crippen LogP contribution in [0.15, 0.2) is 83.9 Å². The molecule has 26 heavy (non-hydrogen) atoms.